The summed E-state index contributed by atoms with van der Waals surface area (Å²) in [5, 5.41) is 4.09. The normalized spacial score (nSPS) is 10.8. The van der Waals surface area contributed by atoms with Crippen LogP contribution in [0.4, 0.5) is 13.2 Å². The number of halogens is 3. The average Bonchev–Trinajstić information content (AvgIpc) is 2.72. The highest BCUT2D eigenvalue weighted by molar-refractivity contribution is 5.34. The Morgan fingerprint density at radius 1 is 1.12 bits per heavy atom. The van der Waals surface area contributed by atoms with Gasteiger partial charge in [-0.3, -0.25) is 0 Å². The van der Waals surface area contributed by atoms with Crippen LogP contribution >= 0.6 is 0 Å². The molecular formula is C12H11F3N2. The molecule has 0 aliphatic heterocycles. The second-order valence-corrected chi connectivity index (χ2v) is 3.72. The molecule has 0 radical (unpaired) electrons. The molecule has 0 saturated heterocycles. The van der Waals surface area contributed by atoms with Crippen molar-refractivity contribution < 1.29 is 13.2 Å². The molecule has 0 saturated carbocycles. The Morgan fingerprint density at radius 2 is 1.82 bits per heavy atom. The lowest BCUT2D eigenvalue weighted by molar-refractivity contribution is 0.491. The lowest BCUT2D eigenvalue weighted by Gasteiger charge is -2.04. The molecule has 0 spiro atoms. The number of rotatable bonds is 3. The van der Waals surface area contributed by atoms with E-state index < -0.39 is 17.5 Å². The van der Waals surface area contributed by atoms with Crippen molar-refractivity contribution in [3.63, 3.8) is 0 Å². The monoisotopic (exact) mass is 240 g/mol. The molecule has 0 fully saturated rings. The van der Waals surface area contributed by atoms with Crippen LogP contribution < -0.4 is 0 Å². The van der Waals surface area contributed by atoms with E-state index in [2.05, 4.69) is 5.10 Å². The van der Waals surface area contributed by atoms with Gasteiger partial charge in [0.2, 0.25) is 0 Å². The van der Waals surface area contributed by atoms with Crippen molar-refractivity contribution in [1.82, 2.24) is 9.78 Å². The van der Waals surface area contributed by atoms with E-state index in [-0.39, 0.29) is 5.69 Å². The molecule has 1 aromatic heterocycles. The Morgan fingerprint density at radius 3 is 2.53 bits per heavy atom. The Bertz CT molecular complexity index is 535. The van der Waals surface area contributed by atoms with Gasteiger partial charge in [0.1, 0.15) is 5.69 Å². The summed E-state index contributed by atoms with van der Waals surface area (Å²) in [6.07, 6.45) is 3.20. The number of nitrogens with zero attached hydrogens (tertiary/aromatic N) is 2. The molecule has 0 amide bonds. The van der Waals surface area contributed by atoms with Gasteiger partial charge in [0.25, 0.3) is 0 Å². The topological polar surface area (TPSA) is 17.8 Å². The van der Waals surface area contributed by atoms with Gasteiger partial charge in [-0.1, -0.05) is 13.3 Å². The van der Waals surface area contributed by atoms with Crippen LogP contribution in [0.3, 0.4) is 0 Å². The quantitative estimate of drug-likeness (QED) is 0.753. The number of hydrogen-bond donors (Lipinski definition) is 0. The highest BCUT2D eigenvalue weighted by Crippen LogP contribution is 2.17. The largest absolute Gasteiger partial charge is 0.238 e. The van der Waals surface area contributed by atoms with Crippen molar-refractivity contribution in [1.29, 1.82) is 0 Å². The molecule has 0 unspecified atom stereocenters. The molecule has 5 heteroatoms. The summed E-state index contributed by atoms with van der Waals surface area (Å²) < 4.78 is 40.4. The summed E-state index contributed by atoms with van der Waals surface area (Å²) >= 11 is 0. The van der Waals surface area contributed by atoms with Gasteiger partial charge in [0, 0.05) is 18.3 Å². The van der Waals surface area contributed by atoms with Crippen LogP contribution in [0.1, 0.15) is 19.0 Å². The zero-order valence-corrected chi connectivity index (χ0v) is 9.25. The molecule has 2 rings (SSSR count). The first kappa shape index (κ1) is 11.7. The van der Waals surface area contributed by atoms with E-state index >= 15 is 0 Å². The van der Waals surface area contributed by atoms with Gasteiger partial charge in [0.15, 0.2) is 17.5 Å². The van der Waals surface area contributed by atoms with Gasteiger partial charge in [-0.05, 0) is 12.5 Å². The van der Waals surface area contributed by atoms with Crippen LogP contribution in [0.25, 0.3) is 5.69 Å². The predicted molar refractivity (Wildman–Crippen MR) is 57.4 cm³/mol. The molecular weight excluding hydrogens is 229 g/mol. The van der Waals surface area contributed by atoms with Crippen molar-refractivity contribution in [2.24, 2.45) is 0 Å². The average molecular weight is 240 g/mol. The van der Waals surface area contributed by atoms with Crippen molar-refractivity contribution in [3.8, 4) is 5.69 Å². The number of benzene rings is 1. The zero-order valence-electron chi connectivity index (χ0n) is 9.25. The smallest absolute Gasteiger partial charge is 0.161 e. The maximum atomic E-state index is 13.4. The molecule has 0 N–H and O–H groups in total. The molecule has 17 heavy (non-hydrogen) atoms. The summed E-state index contributed by atoms with van der Waals surface area (Å²) in [5.41, 5.74) is 0.697. The van der Waals surface area contributed by atoms with Crippen LogP contribution in [-0.2, 0) is 6.42 Å². The number of hydrogen-bond acceptors (Lipinski definition) is 1. The van der Waals surface area contributed by atoms with E-state index in [0.29, 0.717) is 6.07 Å². The summed E-state index contributed by atoms with van der Waals surface area (Å²) in [6.45, 7) is 2.00. The SMILES string of the molecule is CCCc1ccn(-c2cc(F)c(F)cc2F)n1. The predicted octanol–water partition coefficient (Wildman–Crippen LogP) is 3.24. The maximum absolute atomic E-state index is 13.4. The highest BCUT2D eigenvalue weighted by atomic mass is 19.2. The Balaban J connectivity index is 2.41. The van der Waals surface area contributed by atoms with Crippen LogP contribution in [0, 0.1) is 17.5 Å². The minimum absolute atomic E-state index is 0.0914. The van der Waals surface area contributed by atoms with Gasteiger partial charge in [0.05, 0.1) is 5.69 Å². The summed E-state index contributed by atoms with van der Waals surface area (Å²) in [6, 6.07) is 3.05. The van der Waals surface area contributed by atoms with Crippen LogP contribution in [-0.4, -0.2) is 9.78 Å². The standard InChI is InChI=1S/C12H11F3N2/c1-2-3-8-4-5-17(16-8)12-7-10(14)9(13)6-11(12)15/h4-7H,2-3H2,1H3. The first-order valence-electron chi connectivity index (χ1n) is 5.31. The fourth-order valence-corrected chi connectivity index (χ4v) is 1.57. The Kier molecular flexibility index (Phi) is 3.17. The second-order valence-electron chi connectivity index (χ2n) is 3.72. The first-order chi connectivity index (χ1) is 8.11. The van der Waals surface area contributed by atoms with Crippen molar-refractivity contribution in [2.45, 2.75) is 19.8 Å². The van der Waals surface area contributed by atoms with E-state index in [4.69, 9.17) is 0 Å². The van der Waals surface area contributed by atoms with E-state index in [9.17, 15) is 13.2 Å². The molecule has 2 nitrogen and oxygen atoms in total. The second kappa shape index (κ2) is 4.61. The van der Waals surface area contributed by atoms with Crippen molar-refractivity contribution >= 4 is 0 Å². The van der Waals surface area contributed by atoms with Gasteiger partial charge < -0.3 is 0 Å². The van der Waals surface area contributed by atoms with E-state index in [1.807, 2.05) is 6.92 Å². The van der Waals surface area contributed by atoms with Crippen LogP contribution in [0.15, 0.2) is 24.4 Å². The van der Waals surface area contributed by atoms with Crippen molar-refractivity contribution in [2.75, 3.05) is 0 Å². The minimum atomic E-state index is -1.20. The molecule has 0 atom stereocenters. The molecule has 0 aliphatic rings. The summed E-state index contributed by atoms with van der Waals surface area (Å²) in [5.74, 6) is -3.13. The van der Waals surface area contributed by atoms with Gasteiger partial charge in [-0.25, -0.2) is 17.9 Å². The lowest BCUT2D eigenvalue weighted by Crippen LogP contribution is -2.02. The number of aryl methyl sites for hydroxylation is 1. The Hall–Kier alpha value is -1.78. The van der Waals surface area contributed by atoms with Gasteiger partial charge in [-0.2, -0.15) is 5.10 Å². The van der Waals surface area contributed by atoms with Crippen LogP contribution in [0.5, 0.6) is 0 Å². The van der Waals surface area contributed by atoms with E-state index in [1.54, 1.807) is 6.07 Å². The van der Waals surface area contributed by atoms with E-state index in [0.717, 1.165) is 24.6 Å². The maximum Gasteiger partial charge on any atom is 0.161 e. The molecule has 90 valence electrons. The molecule has 1 aromatic carbocycles. The third-order valence-electron chi connectivity index (χ3n) is 2.39. The fraction of sp³-hybridized carbons (Fsp3) is 0.250. The third kappa shape index (κ3) is 2.33. The summed E-state index contributed by atoms with van der Waals surface area (Å²) in [4.78, 5) is 0. The molecule has 0 aliphatic carbocycles. The van der Waals surface area contributed by atoms with Crippen molar-refractivity contribution in [3.05, 3.63) is 47.5 Å². The minimum Gasteiger partial charge on any atom is -0.238 e. The van der Waals surface area contributed by atoms with E-state index in [1.165, 1.54) is 10.9 Å². The zero-order chi connectivity index (χ0) is 12.4. The van der Waals surface area contributed by atoms with Gasteiger partial charge in [-0.15, -0.1) is 0 Å². The Labute approximate surface area is 96.7 Å². The van der Waals surface area contributed by atoms with Gasteiger partial charge >= 0.3 is 0 Å². The number of aromatic nitrogens is 2. The molecule has 0 bridgehead atoms. The van der Waals surface area contributed by atoms with Crippen LogP contribution in [0.2, 0.25) is 0 Å². The lowest BCUT2D eigenvalue weighted by atomic mass is 10.3. The first-order valence-corrected chi connectivity index (χ1v) is 5.31. The molecule has 2 aromatic rings. The highest BCUT2D eigenvalue weighted by Gasteiger charge is 2.12. The molecule has 1 heterocycles. The third-order valence-corrected chi connectivity index (χ3v) is 2.39. The fourth-order valence-electron chi connectivity index (χ4n) is 1.57. The summed E-state index contributed by atoms with van der Waals surface area (Å²) in [7, 11) is 0.